The smallest absolute Gasteiger partial charge is 0.230 e. The van der Waals surface area contributed by atoms with E-state index in [1.807, 2.05) is 36.4 Å². The summed E-state index contributed by atoms with van der Waals surface area (Å²) in [5.41, 5.74) is 1.84. The van der Waals surface area contributed by atoms with Crippen LogP contribution in [0, 0.1) is 0 Å². The second kappa shape index (κ2) is 8.10. The van der Waals surface area contributed by atoms with Crippen LogP contribution in [-0.2, 0) is 11.3 Å². The Bertz CT molecular complexity index is 942. The van der Waals surface area contributed by atoms with E-state index in [9.17, 15) is 4.79 Å². The van der Waals surface area contributed by atoms with Crippen molar-refractivity contribution in [1.82, 2.24) is 25.1 Å². The molecule has 4 rings (SSSR count). The quantitative estimate of drug-likeness (QED) is 0.613. The SMILES string of the molecule is O=C(CSc1nnc(-c2cccnc2)n1C1CC1)NCc1ccccc1Cl. The fourth-order valence-corrected chi connectivity index (χ4v) is 3.78. The van der Waals surface area contributed by atoms with E-state index in [0.717, 1.165) is 34.9 Å². The molecule has 8 heteroatoms. The number of nitrogens with one attached hydrogen (secondary N) is 1. The van der Waals surface area contributed by atoms with Gasteiger partial charge in [0.1, 0.15) is 0 Å². The summed E-state index contributed by atoms with van der Waals surface area (Å²) in [6.45, 7) is 0.412. The predicted molar refractivity (Wildman–Crippen MR) is 106 cm³/mol. The summed E-state index contributed by atoms with van der Waals surface area (Å²) < 4.78 is 2.13. The van der Waals surface area contributed by atoms with E-state index in [-0.39, 0.29) is 11.7 Å². The van der Waals surface area contributed by atoms with Gasteiger partial charge in [-0.1, -0.05) is 41.6 Å². The van der Waals surface area contributed by atoms with E-state index < -0.39 is 0 Å². The molecule has 0 aliphatic heterocycles. The van der Waals surface area contributed by atoms with Gasteiger partial charge in [-0.2, -0.15) is 0 Å². The van der Waals surface area contributed by atoms with Crippen molar-refractivity contribution in [1.29, 1.82) is 0 Å². The summed E-state index contributed by atoms with van der Waals surface area (Å²) in [5, 5.41) is 13.0. The Hall–Kier alpha value is -2.38. The molecule has 1 aromatic carbocycles. The van der Waals surface area contributed by atoms with Crippen molar-refractivity contribution in [2.45, 2.75) is 30.6 Å². The van der Waals surface area contributed by atoms with E-state index in [1.54, 1.807) is 12.4 Å². The molecular formula is C19H18ClN5OS. The van der Waals surface area contributed by atoms with Crippen LogP contribution in [0.3, 0.4) is 0 Å². The molecule has 0 unspecified atom stereocenters. The normalized spacial score (nSPS) is 13.5. The Morgan fingerprint density at radius 1 is 1.22 bits per heavy atom. The number of hydrogen-bond donors (Lipinski definition) is 1. The number of carbonyl (C=O) groups is 1. The van der Waals surface area contributed by atoms with Crippen molar-refractivity contribution in [3.63, 3.8) is 0 Å². The minimum atomic E-state index is -0.0619. The highest BCUT2D eigenvalue weighted by atomic mass is 35.5. The summed E-state index contributed by atoms with van der Waals surface area (Å²) in [7, 11) is 0. The number of benzene rings is 1. The van der Waals surface area contributed by atoms with Crippen LogP contribution in [0.2, 0.25) is 5.02 Å². The van der Waals surface area contributed by atoms with Gasteiger partial charge in [-0.05, 0) is 36.6 Å². The molecule has 0 bridgehead atoms. The van der Waals surface area contributed by atoms with Crippen LogP contribution in [0.5, 0.6) is 0 Å². The molecule has 1 aliphatic carbocycles. The second-order valence-corrected chi connectivity index (χ2v) is 7.66. The molecule has 2 heterocycles. The summed E-state index contributed by atoms with van der Waals surface area (Å²) in [6, 6.07) is 11.8. The van der Waals surface area contributed by atoms with Crippen molar-refractivity contribution < 1.29 is 4.79 Å². The topological polar surface area (TPSA) is 72.7 Å². The number of nitrogens with zero attached hydrogens (tertiary/aromatic N) is 4. The standard InChI is InChI=1S/C19H18ClN5OS/c20-16-6-2-1-4-13(16)11-22-17(26)12-27-19-24-23-18(25(19)15-7-8-15)14-5-3-9-21-10-14/h1-6,9-10,15H,7-8,11-12H2,(H,22,26). The Kier molecular flexibility index (Phi) is 5.40. The predicted octanol–water partition coefficient (Wildman–Crippen LogP) is 3.74. The van der Waals surface area contributed by atoms with Gasteiger partial charge in [-0.25, -0.2) is 0 Å². The summed E-state index contributed by atoms with van der Waals surface area (Å²) in [5.74, 6) is 1.03. The maximum atomic E-state index is 12.2. The summed E-state index contributed by atoms with van der Waals surface area (Å²) >= 11 is 7.52. The monoisotopic (exact) mass is 399 g/mol. The van der Waals surface area contributed by atoms with Crippen LogP contribution in [0.15, 0.2) is 53.9 Å². The van der Waals surface area contributed by atoms with Gasteiger partial charge < -0.3 is 5.32 Å². The van der Waals surface area contributed by atoms with Crippen LogP contribution in [0.4, 0.5) is 0 Å². The third-order valence-corrected chi connectivity index (χ3v) is 5.57. The maximum Gasteiger partial charge on any atom is 0.230 e. The molecule has 1 amide bonds. The molecule has 1 fully saturated rings. The lowest BCUT2D eigenvalue weighted by Crippen LogP contribution is -2.24. The fraction of sp³-hybridized carbons (Fsp3) is 0.263. The molecule has 0 saturated heterocycles. The second-order valence-electron chi connectivity index (χ2n) is 6.31. The molecule has 0 radical (unpaired) electrons. The molecular weight excluding hydrogens is 382 g/mol. The number of hydrogen-bond acceptors (Lipinski definition) is 5. The van der Waals surface area contributed by atoms with Gasteiger partial charge >= 0.3 is 0 Å². The van der Waals surface area contributed by atoms with E-state index in [2.05, 4.69) is 25.1 Å². The molecule has 1 saturated carbocycles. The van der Waals surface area contributed by atoms with Crippen LogP contribution >= 0.6 is 23.4 Å². The Morgan fingerprint density at radius 2 is 2.07 bits per heavy atom. The van der Waals surface area contributed by atoms with Crippen LogP contribution in [-0.4, -0.2) is 31.4 Å². The first kappa shape index (κ1) is 18.0. The van der Waals surface area contributed by atoms with Crippen molar-refractivity contribution >= 4 is 29.3 Å². The molecule has 1 N–H and O–H groups in total. The average Bonchev–Trinajstić information content (AvgIpc) is 3.45. The van der Waals surface area contributed by atoms with E-state index in [1.165, 1.54) is 11.8 Å². The molecule has 0 atom stereocenters. The Morgan fingerprint density at radius 3 is 2.81 bits per heavy atom. The third kappa shape index (κ3) is 4.31. The first-order valence-corrected chi connectivity index (χ1v) is 10.1. The van der Waals surface area contributed by atoms with E-state index in [4.69, 9.17) is 11.6 Å². The lowest BCUT2D eigenvalue weighted by molar-refractivity contribution is -0.118. The Balaban J connectivity index is 1.40. The largest absolute Gasteiger partial charge is 0.351 e. The molecule has 27 heavy (non-hydrogen) atoms. The van der Waals surface area contributed by atoms with Gasteiger partial charge in [0.25, 0.3) is 0 Å². The van der Waals surface area contributed by atoms with Crippen molar-refractivity contribution in [2.24, 2.45) is 0 Å². The van der Waals surface area contributed by atoms with Crippen molar-refractivity contribution in [2.75, 3.05) is 5.75 Å². The van der Waals surface area contributed by atoms with Gasteiger partial charge in [0.15, 0.2) is 11.0 Å². The minimum Gasteiger partial charge on any atom is -0.351 e. The fourth-order valence-electron chi connectivity index (χ4n) is 2.75. The van der Waals surface area contributed by atoms with Gasteiger partial charge in [0, 0.05) is 35.6 Å². The van der Waals surface area contributed by atoms with E-state index >= 15 is 0 Å². The highest BCUT2D eigenvalue weighted by Gasteiger charge is 2.30. The summed E-state index contributed by atoms with van der Waals surface area (Å²) in [4.78, 5) is 16.4. The van der Waals surface area contributed by atoms with Gasteiger partial charge in [-0.3, -0.25) is 14.3 Å². The van der Waals surface area contributed by atoms with Crippen LogP contribution < -0.4 is 5.32 Å². The number of halogens is 1. The first-order chi connectivity index (χ1) is 13.2. The first-order valence-electron chi connectivity index (χ1n) is 8.70. The lowest BCUT2D eigenvalue weighted by Gasteiger charge is -2.09. The van der Waals surface area contributed by atoms with Gasteiger partial charge in [0.2, 0.25) is 5.91 Å². The minimum absolute atomic E-state index is 0.0619. The zero-order valence-corrected chi connectivity index (χ0v) is 16.1. The number of rotatable bonds is 7. The van der Waals surface area contributed by atoms with Gasteiger partial charge in [-0.15, -0.1) is 10.2 Å². The molecule has 2 aromatic heterocycles. The zero-order chi connectivity index (χ0) is 18.6. The molecule has 1 aliphatic rings. The van der Waals surface area contributed by atoms with Crippen LogP contribution in [0.1, 0.15) is 24.4 Å². The average molecular weight is 400 g/mol. The lowest BCUT2D eigenvalue weighted by atomic mass is 10.2. The molecule has 3 aromatic rings. The van der Waals surface area contributed by atoms with E-state index in [0.29, 0.717) is 17.6 Å². The highest BCUT2D eigenvalue weighted by molar-refractivity contribution is 7.99. The zero-order valence-electron chi connectivity index (χ0n) is 14.5. The summed E-state index contributed by atoms with van der Waals surface area (Å²) in [6.07, 6.45) is 5.74. The number of amides is 1. The van der Waals surface area contributed by atoms with Crippen molar-refractivity contribution in [3.05, 3.63) is 59.4 Å². The third-order valence-electron chi connectivity index (χ3n) is 4.26. The van der Waals surface area contributed by atoms with Gasteiger partial charge in [0.05, 0.1) is 5.75 Å². The number of carbonyl (C=O) groups excluding carboxylic acids is 1. The molecule has 6 nitrogen and oxygen atoms in total. The van der Waals surface area contributed by atoms with Crippen molar-refractivity contribution in [3.8, 4) is 11.4 Å². The molecule has 0 spiro atoms. The Labute approximate surface area is 166 Å². The highest BCUT2D eigenvalue weighted by Crippen LogP contribution is 2.40. The van der Waals surface area contributed by atoms with Crippen LogP contribution in [0.25, 0.3) is 11.4 Å². The maximum absolute atomic E-state index is 12.2. The number of pyridine rings is 1. The molecule has 138 valence electrons. The number of thioether (sulfide) groups is 1. The number of aromatic nitrogens is 4.